The third-order valence-electron chi connectivity index (χ3n) is 4.11. The van der Waals surface area contributed by atoms with Gasteiger partial charge in [0.2, 0.25) is 5.78 Å². The Balaban J connectivity index is 2.25. The van der Waals surface area contributed by atoms with E-state index in [0.717, 1.165) is 6.07 Å². The highest BCUT2D eigenvalue weighted by Crippen LogP contribution is 2.31. The van der Waals surface area contributed by atoms with Crippen LogP contribution in [0.4, 0.5) is 18.9 Å². The molecule has 3 aromatic rings. The van der Waals surface area contributed by atoms with E-state index in [1.807, 2.05) is 0 Å². The highest BCUT2D eigenvalue weighted by molar-refractivity contribution is 6.15. The molecular weight excluding hydrogens is 365 g/mol. The number of rotatable bonds is 4. The van der Waals surface area contributed by atoms with E-state index in [2.05, 4.69) is 0 Å². The normalized spacial score (nSPS) is 11.6. The zero-order valence-electron chi connectivity index (χ0n) is 13.8. The lowest BCUT2D eigenvalue weighted by atomic mass is 10.0. The number of carbonyl (C=O) groups excluding carboxylic acids is 2. The molecule has 0 aliphatic rings. The van der Waals surface area contributed by atoms with E-state index in [1.54, 1.807) is 0 Å². The maximum absolute atomic E-state index is 13.0. The molecule has 0 saturated carbocycles. The minimum Gasteiger partial charge on any atom is -0.313 e. The SMILES string of the molecule is Cc1c(C(=O)C(F)(F)F)c2ccccn2c1C(=O)c1cccc([N+](=O)[O-])c1. The van der Waals surface area contributed by atoms with Gasteiger partial charge in [-0.2, -0.15) is 13.2 Å². The third kappa shape index (κ3) is 3.07. The van der Waals surface area contributed by atoms with Crippen LogP contribution in [0.5, 0.6) is 0 Å². The van der Waals surface area contributed by atoms with Gasteiger partial charge in [0.05, 0.1) is 21.7 Å². The number of hydrogen-bond donors (Lipinski definition) is 0. The van der Waals surface area contributed by atoms with Crippen molar-refractivity contribution in [1.82, 2.24) is 4.40 Å². The molecule has 0 unspecified atom stereocenters. The largest absolute Gasteiger partial charge is 0.454 e. The number of Topliss-reactive ketones (excluding diaryl/α,β-unsaturated/α-hetero) is 1. The Hall–Kier alpha value is -3.49. The molecule has 0 bridgehead atoms. The molecule has 138 valence electrons. The van der Waals surface area contributed by atoms with Crippen molar-refractivity contribution in [3.8, 4) is 0 Å². The summed E-state index contributed by atoms with van der Waals surface area (Å²) >= 11 is 0. The summed E-state index contributed by atoms with van der Waals surface area (Å²) in [5, 5.41) is 10.9. The maximum Gasteiger partial charge on any atom is 0.454 e. The second-order valence-corrected chi connectivity index (χ2v) is 5.77. The smallest absolute Gasteiger partial charge is 0.313 e. The highest BCUT2D eigenvalue weighted by Gasteiger charge is 2.42. The average molecular weight is 376 g/mol. The molecule has 0 atom stereocenters. The summed E-state index contributed by atoms with van der Waals surface area (Å²) in [4.78, 5) is 35.0. The van der Waals surface area contributed by atoms with Crippen molar-refractivity contribution in [2.24, 2.45) is 0 Å². The lowest BCUT2D eigenvalue weighted by Gasteiger charge is -2.05. The molecule has 0 N–H and O–H groups in total. The second kappa shape index (κ2) is 6.35. The Morgan fingerprint density at radius 1 is 1.11 bits per heavy atom. The van der Waals surface area contributed by atoms with Crippen molar-refractivity contribution in [3.05, 3.63) is 81.2 Å². The summed E-state index contributed by atoms with van der Waals surface area (Å²) < 4.78 is 40.2. The third-order valence-corrected chi connectivity index (χ3v) is 4.11. The zero-order valence-corrected chi connectivity index (χ0v) is 13.8. The van der Waals surface area contributed by atoms with Gasteiger partial charge in [-0.1, -0.05) is 18.2 Å². The molecule has 27 heavy (non-hydrogen) atoms. The van der Waals surface area contributed by atoms with Gasteiger partial charge in [-0.15, -0.1) is 0 Å². The molecule has 0 fully saturated rings. The van der Waals surface area contributed by atoms with Gasteiger partial charge in [-0.05, 0) is 24.6 Å². The van der Waals surface area contributed by atoms with E-state index in [-0.39, 0.29) is 28.0 Å². The molecular formula is C18H11F3N2O4. The first kappa shape index (κ1) is 18.3. The van der Waals surface area contributed by atoms with Crippen molar-refractivity contribution in [2.75, 3.05) is 0 Å². The fourth-order valence-corrected chi connectivity index (χ4v) is 2.94. The van der Waals surface area contributed by atoms with Crippen molar-refractivity contribution in [1.29, 1.82) is 0 Å². The van der Waals surface area contributed by atoms with E-state index in [1.165, 1.54) is 53.9 Å². The Morgan fingerprint density at radius 2 is 1.81 bits per heavy atom. The fourth-order valence-electron chi connectivity index (χ4n) is 2.94. The van der Waals surface area contributed by atoms with Gasteiger partial charge in [-0.3, -0.25) is 19.7 Å². The Bertz CT molecular complexity index is 1100. The number of nitro groups is 1. The van der Waals surface area contributed by atoms with E-state index in [9.17, 15) is 32.9 Å². The van der Waals surface area contributed by atoms with Crippen LogP contribution in [-0.2, 0) is 0 Å². The number of nitrogens with zero attached hydrogens (tertiary/aromatic N) is 2. The van der Waals surface area contributed by atoms with E-state index in [0.29, 0.717) is 0 Å². The molecule has 3 rings (SSSR count). The number of benzene rings is 1. The number of alkyl halides is 3. The molecule has 6 nitrogen and oxygen atoms in total. The molecule has 0 amide bonds. The highest BCUT2D eigenvalue weighted by atomic mass is 19.4. The van der Waals surface area contributed by atoms with Crippen LogP contribution >= 0.6 is 0 Å². The van der Waals surface area contributed by atoms with Crippen LogP contribution < -0.4 is 0 Å². The molecule has 1 aromatic carbocycles. The van der Waals surface area contributed by atoms with Gasteiger partial charge in [0, 0.05) is 23.9 Å². The lowest BCUT2D eigenvalue weighted by Crippen LogP contribution is -2.23. The quantitative estimate of drug-likeness (QED) is 0.389. The molecule has 0 aliphatic carbocycles. The monoisotopic (exact) mass is 376 g/mol. The van der Waals surface area contributed by atoms with Crippen molar-refractivity contribution >= 4 is 22.8 Å². The second-order valence-electron chi connectivity index (χ2n) is 5.77. The van der Waals surface area contributed by atoms with Gasteiger partial charge in [0.15, 0.2) is 0 Å². The molecule has 0 aliphatic heterocycles. The maximum atomic E-state index is 13.0. The van der Waals surface area contributed by atoms with Gasteiger partial charge >= 0.3 is 6.18 Å². The van der Waals surface area contributed by atoms with Crippen LogP contribution in [-0.4, -0.2) is 27.1 Å². The van der Waals surface area contributed by atoms with Crippen molar-refractivity contribution < 1.29 is 27.7 Å². The number of fused-ring (bicyclic) bond motifs is 1. The van der Waals surface area contributed by atoms with Crippen molar-refractivity contribution in [3.63, 3.8) is 0 Å². The summed E-state index contributed by atoms with van der Waals surface area (Å²) in [6.45, 7) is 1.25. The number of aromatic nitrogens is 1. The summed E-state index contributed by atoms with van der Waals surface area (Å²) in [6, 6.07) is 9.10. The number of non-ortho nitro benzene ring substituents is 1. The molecule has 9 heteroatoms. The van der Waals surface area contributed by atoms with E-state index >= 15 is 0 Å². The van der Waals surface area contributed by atoms with E-state index < -0.39 is 28.2 Å². The molecule has 2 aromatic heterocycles. The van der Waals surface area contributed by atoms with Crippen molar-refractivity contribution in [2.45, 2.75) is 13.1 Å². The Kier molecular flexibility index (Phi) is 4.30. The predicted octanol–water partition coefficient (Wildman–Crippen LogP) is 4.13. The van der Waals surface area contributed by atoms with Gasteiger partial charge in [0.1, 0.15) is 0 Å². The first-order valence-electron chi connectivity index (χ1n) is 7.63. The fraction of sp³-hybridized carbons (Fsp3) is 0.111. The first-order chi connectivity index (χ1) is 12.6. The van der Waals surface area contributed by atoms with Gasteiger partial charge in [0.25, 0.3) is 11.5 Å². The molecule has 0 spiro atoms. The van der Waals surface area contributed by atoms with Crippen LogP contribution in [0.25, 0.3) is 5.52 Å². The molecule has 0 saturated heterocycles. The zero-order chi connectivity index (χ0) is 19.9. The minimum absolute atomic E-state index is 0.0638. The van der Waals surface area contributed by atoms with Crippen LogP contribution in [0.15, 0.2) is 48.7 Å². The minimum atomic E-state index is -5.10. The van der Waals surface area contributed by atoms with Crippen LogP contribution in [0.2, 0.25) is 0 Å². The number of nitro benzene ring substituents is 1. The van der Waals surface area contributed by atoms with Crippen LogP contribution in [0.3, 0.4) is 0 Å². The number of pyridine rings is 1. The number of halogens is 3. The predicted molar refractivity (Wildman–Crippen MR) is 89.0 cm³/mol. The summed E-state index contributed by atoms with van der Waals surface area (Å²) in [5.74, 6) is -2.78. The average Bonchev–Trinajstić information content (AvgIpc) is 2.91. The summed E-state index contributed by atoms with van der Waals surface area (Å²) in [5.41, 5.74) is -1.37. The van der Waals surface area contributed by atoms with E-state index in [4.69, 9.17) is 0 Å². The van der Waals surface area contributed by atoms with Crippen LogP contribution in [0.1, 0.15) is 32.0 Å². The molecule has 0 radical (unpaired) electrons. The van der Waals surface area contributed by atoms with Gasteiger partial charge in [-0.25, -0.2) is 0 Å². The summed E-state index contributed by atoms with van der Waals surface area (Å²) in [7, 11) is 0. The lowest BCUT2D eigenvalue weighted by molar-refractivity contribution is -0.384. The van der Waals surface area contributed by atoms with Crippen LogP contribution in [0, 0.1) is 17.0 Å². The topological polar surface area (TPSA) is 81.7 Å². The Labute approximate surface area is 150 Å². The number of ketones is 2. The summed E-state index contributed by atoms with van der Waals surface area (Å²) in [6.07, 6.45) is -3.74. The standard InChI is InChI=1S/C18H11F3N2O4/c1-10-14(17(25)18(19,20)21)13-7-2-3-8-22(13)15(10)16(24)11-5-4-6-12(9-11)23(26)27/h2-9H,1H3. The first-order valence-corrected chi connectivity index (χ1v) is 7.63. The Morgan fingerprint density at radius 3 is 2.44 bits per heavy atom. The number of carbonyl (C=O) groups is 2. The number of hydrogen-bond acceptors (Lipinski definition) is 4. The molecule has 2 heterocycles. The van der Waals surface area contributed by atoms with Gasteiger partial charge < -0.3 is 4.40 Å².